The number of hydrogen-bond donors (Lipinski definition) is 1. The fraction of sp³-hybridized carbons (Fsp3) is 0.786. The molecule has 1 aromatic rings. The molecule has 1 fully saturated rings. The van der Waals surface area contributed by atoms with Crippen molar-refractivity contribution in [2.75, 3.05) is 6.54 Å². The summed E-state index contributed by atoms with van der Waals surface area (Å²) in [4.78, 5) is 6.04. The van der Waals surface area contributed by atoms with Gasteiger partial charge in [-0.25, -0.2) is 4.98 Å². The van der Waals surface area contributed by atoms with Gasteiger partial charge in [0.2, 0.25) is 0 Å². The van der Waals surface area contributed by atoms with Gasteiger partial charge in [-0.1, -0.05) is 19.8 Å². The first kappa shape index (κ1) is 13.0. The molecule has 1 aromatic heterocycles. The summed E-state index contributed by atoms with van der Waals surface area (Å²) >= 11 is 1.87. The molecule has 1 N–H and O–H groups in total. The van der Waals surface area contributed by atoms with Crippen molar-refractivity contribution in [2.24, 2.45) is 5.92 Å². The highest BCUT2D eigenvalue weighted by Gasteiger charge is 2.25. The predicted molar refractivity (Wildman–Crippen MR) is 74.7 cm³/mol. The number of nitrogens with zero attached hydrogens (tertiary/aromatic N) is 1. The highest BCUT2D eigenvalue weighted by Crippen LogP contribution is 2.34. The zero-order valence-electron chi connectivity index (χ0n) is 11.3. The van der Waals surface area contributed by atoms with Crippen LogP contribution in [0.15, 0.2) is 0 Å². The van der Waals surface area contributed by atoms with Crippen LogP contribution in [0.1, 0.15) is 48.2 Å². The highest BCUT2D eigenvalue weighted by molar-refractivity contribution is 7.11. The largest absolute Gasteiger partial charge is 0.314 e. The third-order valence-corrected chi connectivity index (χ3v) is 4.59. The van der Waals surface area contributed by atoms with Crippen LogP contribution in [0.4, 0.5) is 0 Å². The van der Waals surface area contributed by atoms with Crippen molar-refractivity contribution in [1.82, 2.24) is 10.3 Å². The van der Waals surface area contributed by atoms with E-state index in [0.29, 0.717) is 6.04 Å². The molecule has 0 saturated heterocycles. The monoisotopic (exact) mass is 252 g/mol. The SMILES string of the molecule is CCCNC(Cc1nc(C)c(C)s1)CC1CC1. The van der Waals surface area contributed by atoms with Crippen molar-refractivity contribution in [2.45, 2.75) is 58.9 Å². The second-order valence-electron chi connectivity index (χ2n) is 5.28. The maximum atomic E-state index is 4.66. The van der Waals surface area contributed by atoms with Crippen molar-refractivity contribution >= 4 is 11.3 Å². The average Bonchev–Trinajstić information content (AvgIpc) is 3.03. The summed E-state index contributed by atoms with van der Waals surface area (Å²) < 4.78 is 0. The van der Waals surface area contributed by atoms with Gasteiger partial charge in [0.1, 0.15) is 0 Å². The summed E-state index contributed by atoms with van der Waals surface area (Å²) in [5.74, 6) is 0.992. The summed E-state index contributed by atoms with van der Waals surface area (Å²) in [7, 11) is 0. The molecule has 0 bridgehead atoms. The third-order valence-electron chi connectivity index (χ3n) is 3.49. The Balaban J connectivity index is 1.90. The fourth-order valence-corrected chi connectivity index (χ4v) is 3.19. The lowest BCUT2D eigenvalue weighted by atomic mass is 10.1. The molecule has 2 nitrogen and oxygen atoms in total. The second-order valence-corrected chi connectivity index (χ2v) is 6.57. The molecule has 0 spiro atoms. The van der Waals surface area contributed by atoms with Crippen molar-refractivity contribution < 1.29 is 0 Å². The number of rotatable bonds is 7. The van der Waals surface area contributed by atoms with Crippen LogP contribution in [-0.2, 0) is 6.42 Å². The van der Waals surface area contributed by atoms with Crippen LogP contribution >= 0.6 is 11.3 Å². The van der Waals surface area contributed by atoms with Gasteiger partial charge in [0, 0.05) is 17.3 Å². The molecule has 1 unspecified atom stereocenters. The molecule has 3 heteroatoms. The number of hydrogen-bond acceptors (Lipinski definition) is 3. The molecule has 2 rings (SSSR count). The molecule has 0 radical (unpaired) electrons. The van der Waals surface area contributed by atoms with E-state index < -0.39 is 0 Å². The van der Waals surface area contributed by atoms with Gasteiger partial charge < -0.3 is 5.32 Å². The van der Waals surface area contributed by atoms with E-state index in [4.69, 9.17) is 0 Å². The molecule has 0 aliphatic heterocycles. The lowest BCUT2D eigenvalue weighted by molar-refractivity contribution is 0.454. The van der Waals surface area contributed by atoms with Gasteiger partial charge in [-0.3, -0.25) is 0 Å². The van der Waals surface area contributed by atoms with Gasteiger partial charge in [0.25, 0.3) is 0 Å². The smallest absolute Gasteiger partial charge is 0.0946 e. The summed E-state index contributed by atoms with van der Waals surface area (Å²) in [6.45, 7) is 7.66. The molecular weight excluding hydrogens is 228 g/mol. The maximum absolute atomic E-state index is 4.66. The zero-order chi connectivity index (χ0) is 12.3. The van der Waals surface area contributed by atoms with E-state index in [-0.39, 0.29) is 0 Å². The van der Waals surface area contributed by atoms with E-state index >= 15 is 0 Å². The topological polar surface area (TPSA) is 24.9 Å². The van der Waals surface area contributed by atoms with E-state index in [9.17, 15) is 0 Å². The van der Waals surface area contributed by atoms with Crippen LogP contribution in [-0.4, -0.2) is 17.6 Å². The zero-order valence-corrected chi connectivity index (χ0v) is 12.1. The van der Waals surface area contributed by atoms with Gasteiger partial charge in [0.15, 0.2) is 0 Å². The second kappa shape index (κ2) is 5.96. The first-order valence-corrected chi connectivity index (χ1v) is 7.67. The van der Waals surface area contributed by atoms with Crippen LogP contribution in [0.2, 0.25) is 0 Å². The molecule has 1 aliphatic rings. The van der Waals surface area contributed by atoms with Crippen molar-refractivity contribution in [3.8, 4) is 0 Å². The molecule has 1 saturated carbocycles. The van der Waals surface area contributed by atoms with Gasteiger partial charge in [-0.15, -0.1) is 11.3 Å². The molecule has 1 atom stereocenters. The van der Waals surface area contributed by atoms with Crippen LogP contribution in [0.5, 0.6) is 0 Å². The predicted octanol–water partition coefficient (Wildman–Crippen LogP) is 3.47. The summed E-state index contributed by atoms with van der Waals surface area (Å²) in [6.07, 6.45) is 6.57. The van der Waals surface area contributed by atoms with Crippen LogP contribution < -0.4 is 5.32 Å². The van der Waals surface area contributed by atoms with Gasteiger partial charge in [0.05, 0.1) is 10.7 Å². The molecule has 96 valence electrons. The van der Waals surface area contributed by atoms with E-state index in [0.717, 1.165) is 18.9 Å². The number of nitrogens with one attached hydrogen (secondary N) is 1. The number of thiazole rings is 1. The quantitative estimate of drug-likeness (QED) is 0.803. The van der Waals surface area contributed by atoms with Gasteiger partial charge >= 0.3 is 0 Å². The minimum absolute atomic E-state index is 0.646. The first-order valence-electron chi connectivity index (χ1n) is 6.85. The maximum Gasteiger partial charge on any atom is 0.0946 e. The van der Waals surface area contributed by atoms with Crippen molar-refractivity contribution in [3.05, 3.63) is 15.6 Å². The summed E-state index contributed by atoms with van der Waals surface area (Å²) in [5, 5.41) is 5.00. The fourth-order valence-electron chi connectivity index (χ4n) is 2.18. The summed E-state index contributed by atoms with van der Waals surface area (Å²) in [6, 6.07) is 0.646. The Labute approximate surface area is 109 Å². The van der Waals surface area contributed by atoms with Crippen molar-refractivity contribution in [3.63, 3.8) is 0 Å². The Morgan fingerprint density at radius 2 is 2.18 bits per heavy atom. The number of aryl methyl sites for hydroxylation is 2. The van der Waals surface area contributed by atoms with E-state index in [2.05, 4.69) is 31.1 Å². The molecule has 0 amide bonds. The minimum Gasteiger partial charge on any atom is -0.314 e. The Morgan fingerprint density at radius 1 is 1.41 bits per heavy atom. The average molecular weight is 252 g/mol. The van der Waals surface area contributed by atoms with Crippen LogP contribution in [0.3, 0.4) is 0 Å². The Morgan fingerprint density at radius 3 is 2.71 bits per heavy atom. The van der Waals surface area contributed by atoms with Gasteiger partial charge in [-0.2, -0.15) is 0 Å². The van der Waals surface area contributed by atoms with E-state index in [1.165, 1.54) is 41.3 Å². The molecule has 0 aromatic carbocycles. The van der Waals surface area contributed by atoms with E-state index in [1.807, 2.05) is 11.3 Å². The first-order chi connectivity index (χ1) is 8.19. The molecular formula is C14H24N2S. The minimum atomic E-state index is 0.646. The molecule has 17 heavy (non-hydrogen) atoms. The third kappa shape index (κ3) is 4.07. The van der Waals surface area contributed by atoms with Gasteiger partial charge in [-0.05, 0) is 39.2 Å². The Bertz CT molecular complexity index is 336. The van der Waals surface area contributed by atoms with Crippen LogP contribution in [0.25, 0.3) is 0 Å². The molecule has 1 heterocycles. The van der Waals surface area contributed by atoms with E-state index in [1.54, 1.807) is 0 Å². The normalized spacial score (nSPS) is 17.4. The van der Waals surface area contributed by atoms with Crippen molar-refractivity contribution in [1.29, 1.82) is 0 Å². The lowest BCUT2D eigenvalue weighted by Gasteiger charge is -2.16. The number of aromatic nitrogens is 1. The highest BCUT2D eigenvalue weighted by atomic mass is 32.1. The van der Waals surface area contributed by atoms with Crippen LogP contribution in [0, 0.1) is 19.8 Å². The molecule has 1 aliphatic carbocycles. The lowest BCUT2D eigenvalue weighted by Crippen LogP contribution is -2.32. The summed E-state index contributed by atoms with van der Waals surface area (Å²) in [5.41, 5.74) is 1.21. The Hall–Kier alpha value is -0.410. The standard InChI is InChI=1S/C14H24N2S/c1-4-7-15-13(8-12-5-6-12)9-14-16-10(2)11(3)17-14/h12-13,15H,4-9H2,1-3H3. The Kier molecular flexibility index (Phi) is 4.57.